The highest BCUT2D eigenvalue weighted by molar-refractivity contribution is 6.31. The third-order valence-corrected chi connectivity index (χ3v) is 5.50. The Balaban J connectivity index is 1.54. The first-order valence-corrected chi connectivity index (χ1v) is 10.4. The van der Waals surface area contributed by atoms with Crippen LogP contribution in [0.25, 0.3) is 0 Å². The smallest absolute Gasteiger partial charge is 0.252 e. The van der Waals surface area contributed by atoms with E-state index in [-0.39, 0.29) is 23.9 Å². The first-order chi connectivity index (χ1) is 14.0. The molecule has 2 heterocycles. The van der Waals surface area contributed by atoms with E-state index in [9.17, 15) is 14.4 Å². The Hall–Kier alpha value is -2.60. The molecule has 6 nitrogen and oxygen atoms in total. The molecule has 0 saturated carbocycles. The van der Waals surface area contributed by atoms with Gasteiger partial charge in [-0.25, -0.2) is 0 Å². The molecule has 1 aromatic heterocycles. The highest BCUT2D eigenvalue weighted by Crippen LogP contribution is 2.16. The maximum atomic E-state index is 12.4. The quantitative estimate of drug-likeness (QED) is 0.707. The third kappa shape index (κ3) is 5.94. The van der Waals surface area contributed by atoms with E-state index in [4.69, 9.17) is 11.6 Å². The predicted molar refractivity (Wildman–Crippen MR) is 113 cm³/mol. The number of benzene rings is 1. The number of nitrogens with one attached hydrogen (secondary N) is 1. The number of carbonyl (C=O) groups is 2. The molecule has 0 bridgehead atoms. The van der Waals surface area contributed by atoms with E-state index in [0.29, 0.717) is 12.1 Å². The van der Waals surface area contributed by atoms with Crippen LogP contribution in [-0.2, 0) is 17.8 Å². The number of hydrogen-bond acceptors (Lipinski definition) is 3. The lowest BCUT2D eigenvalue weighted by atomic mass is 10.1. The number of hydrogen-bond donors (Lipinski definition) is 1. The van der Waals surface area contributed by atoms with Gasteiger partial charge in [-0.3, -0.25) is 14.4 Å². The summed E-state index contributed by atoms with van der Waals surface area (Å²) in [6.45, 7) is 1.93. The maximum Gasteiger partial charge on any atom is 0.252 e. The van der Waals surface area contributed by atoms with Gasteiger partial charge in [0.25, 0.3) is 11.5 Å². The van der Waals surface area contributed by atoms with Crippen molar-refractivity contribution in [1.82, 2.24) is 14.8 Å². The lowest BCUT2D eigenvalue weighted by Gasteiger charge is -2.27. The van der Waals surface area contributed by atoms with Crippen LogP contribution in [0.4, 0.5) is 0 Å². The SMILES string of the molecule is O=C(NCCCc1ccccc1Cl)c1ccc(=O)n(CC(=O)N2CCCCC2)c1. The van der Waals surface area contributed by atoms with Crippen molar-refractivity contribution >= 4 is 23.4 Å². The normalized spacial score (nSPS) is 13.9. The standard InChI is InChI=1S/C22H26ClN3O3/c23-19-9-3-2-7-17(19)8-6-12-24-22(29)18-10-11-20(27)26(15-18)16-21(28)25-13-4-1-5-14-25/h2-3,7,9-11,15H,1,4-6,8,12-14,16H2,(H,24,29). The topological polar surface area (TPSA) is 71.4 Å². The van der Waals surface area contributed by atoms with Gasteiger partial charge in [-0.2, -0.15) is 0 Å². The molecule has 7 heteroatoms. The second-order valence-electron chi connectivity index (χ2n) is 7.28. The fourth-order valence-electron chi connectivity index (χ4n) is 3.46. The second-order valence-corrected chi connectivity index (χ2v) is 7.68. The zero-order valence-electron chi connectivity index (χ0n) is 16.4. The van der Waals surface area contributed by atoms with Crippen LogP contribution >= 0.6 is 11.6 Å². The number of amides is 2. The molecule has 0 radical (unpaired) electrons. The minimum Gasteiger partial charge on any atom is -0.352 e. The fourth-order valence-corrected chi connectivity index (χ4v) is 3.69. The molecular weight excluding hydrogens is 390 g/mol. The van der Waals surface area contributed by atoms with E-state index < -0.39 is 0 Å². The van der Waals surface area contributed by atoms with Crippen molar-refractivity contribution in [2.45, 2.75) is 38.6 Å². The molecule has 29 heavy (non-hydrogen) atoms. The van der Waals surface area contributed by atoms with E-state index in [2.05, 4.69) is 5.32 Å². The largest absolute Gasteiger partial charge is 0.352 e. The number of aromatic nitrogens is 1. The molecule has 1 fully saturated rings. The summed E-state index contributed by atoms with van der Waals surface area (Å²) >= 11 is 6.14. The second kappa shape index (κ2) is 10.3. The van der Waals surface area contributed by atoms with E-state index in [1.807, 2.05) is 24.3 Å². The molecular formula is C22H26ClN3O3. The number of halogens is 1. The van der Waals surface area contributed by atoms with Crippen LogP contribution in [0.3, 0.4) is 0 Å². The van der Waals surface area contributed by atoms with E-state index >= 15 is 0 Å². The van der Waals surface area contributed by atoms with Crippen molar-refractivity contribution in [2.24, 2.45) is 0 Å². The number of nitrogens with zero attached hydrogens (tertiary/aromatic N) is 2. The van der Waals surface area contributed by atoms with Gasteiger partial charge in [0.2, 0.25) is 5.91 Å². The summed E-state index contributed by atoms with van der Waals surface area (Å²) in [5.41, 5.74) is 1.13. The van der Waals surface area contributed by atoms with Gasteiger partial charge in [-0.15, -0.1) is 0 Å². The number of rotatable bonds is 7. The van der Waals surface area contributed by atoms with Crippen LogP contribution in [0.15, 0.2) is 47.4 Å². The molecule has 2 aromatic rings. The Morgan fingerprint density at radius 3 is 2.55 bits per heavy atom. The Morgan fingerprint density at radius 1 is 1.03 bits per heavy atom. The average Bonchev–Trinajstić information content (AvgIpc) is 2.74. The summed E-state index contributed by atoms with van der Waals surface area (Å²) in [4.78, 5) is 38.8. The zero-order chi connectivity index (χ0) is 20.6. The average molecular weight is 416 g/mol. The summed E-state index contributed by atoms with van der Waals surface area (Å²) < 4.78 is 1.32. The number of pyridine rings is 1. The Kier molecular flexibility index (Phi) is 7.47. The van der Waals surface area contributed by atoms with Crippen molar-refractivity contribution in [3.8, 4) is 0 Å². The maximum absolute atomic E-state index is 12.4. The van der Waals surface area contributed by atoms with E-state index in [0.717, 1.165) is 55.8 Å². The predicted octanol–water partition coefficient (Wildman–Crippen LogP) is 2.88. The van der Waals surface area contributed by atoms with Crippen LogP contribution in [0.2, 0.25) is 5.02 Å². The van der Waals surface area contributed by atoms with Gasteiger partial charge >= 0.3 is 0 Å². The molecule has 3 rings (SSSR count). The molecule has 1 aliphatic heterocycles. The van der Waals surface area contributed by atoms with Crippen LogP contribution < -0.4 is 10.9 Å². The van der Waals surface area contributed by atoms with Crippen molar-refractivity contribution in [1.29, 1.82) is 0 Å². The Bertz CT molecular complexity index is 920. The summed E-state index contributed by atoms with van der Waals surface area (Å²) in [7, 11) is 0. The van der Waals surface area contributed by atoms with Gasteiger partial charge in [0, 0.05) is 36.9 Å². The number of carbonyl (C=O) groups excluding carboxylic acids is 2. The number of piperidine rings is 1. The van der Waals surface area contributed by atoms with Crippen molar-refractivity contribution < 1.29 is 9.59 Å². The monoisotopic (exact) mass is 415 g/mol. The van der Waals surface area contributed by atoms with Crippen LogP contribution in [0, 0.1) is 0 Å². The highest BCUT2D eigenvalue weighted by Gasteiger charge is 2.17. The molecule has 0 aliphatic carbocycles. The summed E-state index contributed by atoms with van der Waals surface area (Å²) in [6, 6.07) is 10.5. The van der Waals surface area contributed by atoms with Crippen LogP contribution in [0.1, 0.15) is 41.6 Å². The van der Waals surface area contributed by atoms with Crippen LogP contribution in [0.5, 0.6) is 0 Å². The van der Waals surface area contributed by atoms with Crippen molar-refractivity contribution in [3.05, 3.63) is 69.1 Å². The Labute approximate surface area is 175 Å². The lowest BCUT2D eigenvalue weighted by Crippen LogP contribution is -2.39. The minimum absolute atomic E-state index is 0.0353. The van der Waals surface area contributed by atoms with Gasteiger partial charge in [-0.05, 0) is 49.8 Å². The van der Waals surface area contributed by atoms with Crippen LogP contribution in [-0.4, -0.2) is 40.9 Å². The third-order valence-electron chi connectivity index (χ3n) is 5.13. The molecule has 1 saturated heterocycles. The molecule has 0 spiro atoms. The number of likely N-dealkylation sites (tertiary alicyclic amines) is 1. The highest BCUT2D eigenvalue weighted by atomic mass is 35.5. The summed E-state index contributed by atoms with van der Waals surface area (Å²) in [6.07, 6.45) is 6.12. The molecule has 0 atom stereocenters. The van der Waals surface area contributed by atoms with Crippen molar-refractivity contribution in [3.63, 3.8) is 0 Å². The van der Waals surface area contributed by atoms with Crippen molar-refractivity contribution in [2.75, 3.05) is 19.6 Å². The first kappa shape index (κ1) is 21.1. The molecule has 1 aliphatic rings. The van der Waals surface area contributed by atoms with Gasteiger partial charge in [0.15, 0.2) is 0 Å². The molecule has 0 unspecified atom stereocenters. The lowest BCUT2D eigenvalue weighted by molar-refractivity contribution is -0.132. The first-order valence-electron chi connectivity index (χ1n) is 10.0. The Morgan fingerprint density at radius 2 is 1.79 bits per heavy atom. The zero-order valence-corrected chi connectivity index (χ0v) is 17.2. The number of aryl methyl sites for hydroxylation is 1. The van der Waals surface area contributed by atoms with Gasteiger partial charge in [0.05, 0.1) is 5.56 Å². The summed E-state index contributed by atoms with van der Waals surface area (Å²) in [5, 5.41) is 3.59. The van der Waals surface area contributed by atoms with E-state index in [1.165, 1.54) is 22.9 Å². The summed E-state index contributed by atoms with van der Waals surface area (Å²) in [5.74, 6) is -0.340. The van der Waals surface area contributed by atoms with Gasteiger partial charge < -0.3 is 14.8 Å². The van der Waals surface area contributed by atoms with Gasteiger partial charge in [-0.1, -0.05) is 29.8 Å². The minimum atomic E-state index is -0.286. The molecule has 1 aromatic carbocycles. The molecule has 154 valence electrons. The molecule has 2 amide bonds. The fraction of sp³-hybridized carbons (Fsp3) is 0.409. The molecule has 1 N–H and O–H groups in total. The van der Waals surface area contributed by atoms with Gasteiger partial charge in [0.1, 0.15) is 6.54 Å². The van der Waals surface area contributed by atoms with E-state index in [1.54, 1.807) is 4.90 Å².